The zero-order chi connectivity index (χ0) is 18.1. The summed E-state index contributed by atoms with van der Waals surface area (Å²) in [6, 6.07) is 13.0. The van der Waals surface area contributed by atoms with E-state index in [1.54, 1.807) is 12.4 Å². The normalized spacial score (nSPS) is 10.8. The Balaban J connectivity index is 1.68. The van der Waals surface area contributed by atoms with Crippen LogP contribution >= 0.6 is 11.3 Å². The molecule has 0 spiro atoms. The molecule has 0 bridgehead atoms. The standard InChI is InChI=1S/C19H13FN4OS/c20-12-1-3-13(4-2-12)23-18(25)17-16(21)14-5-6-15(24-19(14)26-17)11-7-9-22-10-8-11/h1-10H,21H2,(H,23,25). The highest BCUT2D eigenvalue weighted by molar-refractivity contribution is 7.21. The lowest BCUT2D eigenvalue weighted by molar-refractivity contribution is 0.103. The number of anilines is 2. The molecule has 0 aliphatic carbocycles. The molecule has 0 radical (unpaired) electrons. The summed E-state index contributed by atoms with van der Waals surface area (Å²) in [7, 11) is 0. The van der Waals surface area contributed by atoms with Crippen LogP contribution in [-0.2, 0) is 0 Å². The summed E-state index contributed by atoms with van der Waals surface area (Å²) >= 11 is 1.23. The number of halogens is 1. The van der Waals surface area contributed by atoms with Crippen molar-refractivity contribution in [3.05, 3.63) is 71.6 Å². The molecule has 0 fully saturated rings. The maximum absolute atomic E-state index is 13.0. The highest BCUT2D eigenvalue weighted by Gasteiger charge is 2.18. The maximum atomic E-state index is 13.0. The Labute approximate surface area is 152 Å². The Hall–Kier alpha value is -3.32. The predicted octanol–water partition coefficient (Wildman–Crippen LogP) is 4.33. The number of aromatic nitrogens is 2. The number of nitrogen functional groups attached to an aromatic ring is 1. The van der Waals surface area contributed by atoms with Crippen molar-refractivity contribution in [3.8, 4) is 11.3 Å². The first kappa shape index (κ1) is 16.2. The fraction of sp³-hybridized carbons (Fsp3) is 0. The van der Waals surface area contributed by atoms with Crippen LogP contribution < -0.4 is 11.1 Å². The van der Waals surface area contributed by atoms with Crippen molar-refractivity contribution in [2.45, 2.75) is 0 Å². The van der Waals surface area contributed by atoms with E-state index in [0.29, 0.717) is 21.1 Å². The fourth-order valence-electron chi connectivity index (χ4n) is 2.57. The molecule has 0 aliphatic rings. The number of fused-ring (bicyclic) bond motifs is 1. The van der Waals surface area contributed by atoms with E-state index >= 15 is 0 Å². The number of hydrogen-bond acceptors (Lipinski definition) is 5. The second kappa shape index (κ2) is 6.53. The summed E-state index contributed by atoms with van der Waals surface area (Å²) in [5.74, 6) is -0.709. The minimum Gasteiger partial charge on any atom is -0.397 e. The molecule has 1 amide bonds. The van der Waals surface area contributed by atoms with Gasteiger partial charge in [-0.15, -0.1) is 11.3 Å². The van der Waals surface area contributed by atoms with Gasteiger partial charge in [-0.2, -0.15) is 0 Å². The first-order chi connectivity index (χ1) is 12.6. The molecule has 26 heavy (non-hydrogen) atoms. The lowest BCUT2D eigenvalue weighted by Gasteiger charge is -2.04. The number of carbonyl (C=O) groups excluding carboxylic acids is 1. The van der Waals surface area contributed by atoms with E-state index in [1.807, 2.05) is 24.3 Å². The highest BCUT2D eigenvalue weighted by atomic mass is 32.1. The van der Waals surface area contributed by atoms with E-state index in [4.69, 9.17) is 5.73 Å². The van der Waals surface area contributed by atoms with Crippen LogP contribution in [0.2, 0.25) is 0 Å². The number of amides is 1. The molecule has 3 heterocycles. The predicted molar refractivity (Wildman–Crippen MR) is 102 cm³/mol. The van der Waals surface area contributed by atoms with E-state index in [1.165, 1.54) is 35.6 Å². The Kier molecular flexibility index (Phi) is 4.06. The molecule has 1 aromatic carbocycles. The number of thiophene rings is 1. The molecule has 0 aliphatic heterocycles. The molecule has 4 aromatic rings. The van der Waals surface area contributed by atoms with Crippen LogP contribution in [0.25, 0.3) is 21.5 Å². The molecular weight excluding hydrogens is 351 g/mol. The van der Waals surface area contributed by atoms with Gasteiger partial charge in [0.1, 0.15) is 15.5 Å². The van der Waals surface area contributed by atoms with Gasteiger partial charge in [-0.25, -0.2) is 9.37 Å². The van der Waals surface area contributed by atoms with Gasteiger partial charge in [-0.1, -0.05) is 0 Å². The third-order valence-electron chi connectivity index (χ3n) is 3.88. The number of nitrogens with one attached hydrogen (secondary N) is 1. The van der Waals surface area contributed by atoms with Crippen molar-refractivity contribution in [2.75, 3.05) is 11.1 Å². The van der Waals surface area contributed by atoms with E-state index in [-0.39, 0.29) is 11.7 Å². The molecule has 0 saturated heterocycles. The molecule has 3 aromatic heterocycles. The number of carbonyl (C=O) groups is 1. The summed E-state index contributed by atoms with van der Waals surface area (Å²) in [5.41, 5.74) is 8.75. The number of nitrogens with zero attached hydrogens (tertiary/aromatic N) is 2. The number of rotatable bonds is 3. The molecule has 5 nitrogen and oxygen atoms in total. The van der Waals surface area contributed by atoms with Crippen LogP contribution in [-0.4, -0.2) is 15.9 Å². The monoisotopic (exact) mass is 364 g/mol. The fourth-order valence-corrected chi connectivity index (χ4v) is 3.56. The Morgan fingerprint density at radius 2 is 1.77 bits per heavy atom. The molecular formula is C19H13FN4OS. The first-order valence-electron chi connectivity index (χ1n) is 7.78. The molecule has 4 rings (SSSR count). The van der Waals surface area contributed by atoms with E-state index in [9.17, 15) is 9.18 Å². The van der Waals surface area contributed by atoms with Crippen molar-refractivity contribution < 1.29 is 9.18 Å². The lowest BCUT2D eigenvalue weighted by atomic mass is 10.1. The first-order valence-corrected chi connectivity index (χ1v) is 8.60. The van der Waals surface area contributed by atoms with Gasteiger partial charge in [0.2, 0.25) is 0 Å². The third-order valence-corrected chi connectivity index (χ3v) is 4.99. The van der Waals surface area contributed by atoms with Gasteiger partial charge in [0.25, 0.3) is 5.91 Å². The summed E-state index contributed by atoms with van der Waals surface area (Å²) in [6.07, 6.45) is 3.40. The molecule has 3 N–H and O–H groups in total. The summed E-state index contributed by atoms with van der Waals surface area (Å²) < 4.78 is 13.0. The van der Waals surface area contributed by atoms with Gasteiger partial charge in [-0.3, -0.25) is 9.78 Å². The quantitative estimate of drug-likeness (QED) is 0.567. The van der Waals surface area contributed by atoms with E-state index in [0.717, 1.165) is 16.6 Å². The van der Waals surface area contributed by atoms with Crippen molar-refractivity contribution in [2.24, 2.45) is 0 Å². The zero-order valence-corrected chi connectivity index (χ0v) is 14.3. The van der Waals surface area contributed by atoms with E-state index < -0.39 is 0 Å². The van der Waals surface area contributed by atoms with Crippen molar-refractivity contribution in [1.82, 2.24) is 9.97 Å². The number of hydrogen-bond donors (Lipinski definition) is 2. The van der Waals surface area contributed by atoms with Gasteiger partial charge >= 0.3 is 0 Å². The van der Waals surface area contributed by atoms with Crippen molar-refractivity contribution >= 4 is 38.8 Å². The van der Waals surface area contributed by atoms with Gasteiger partial charge < -0.3 is 11.1 Å². The average molecular weight is 364 g/mol. The molecule has 0 atom stereocenters. The SMILES string of the molecule is Nc1c(C(=O)Nc2ccc(F)cc2)sc2nc(-c3ccncc3)ccc12. The summed E-state index contributed by atoms with van der Waals surface area (Å²) in [6.45, 7) is 0. The minimum absolute atomic E-state index is 0.345. The van der Waals surface area contributed by atoms with E-state index in [2.05, 4.69) is 15.3 Å². The van der Waals surface area contributed by atoms with Crippen LogP contribution in [0.15, 0.2) is 60.9 Å². The Bertz CT molecular complexity index is 1090. The second-order valence-corrected chi connectivity index (χ2v) is 6.59. The lowest BCUT2D eigenvalue weighted by Crippen LogP contribution is -2.11. The largest absolute Gasteiger partial charge is 0.397 e. The smallest absolute Gasteiger partial charge is 0.267 e. The molecule has 0 unspecified atom stereocenters. The molecule has 128 valence electrons. The summed E-state index contributed by atoms with van der Waals surface area (Å²) in [4.78, 5) is 22.2. The summed E-state index contributed by atoms with van der Waals surface area (Å²) in [5, 5.41) is 3.46. The van der Waals surface area contributed by atoms with Gasteiger partial charge in [-0.05, 0) is 48.5 Å². The number of pyridine rings is 2. The average Bonchev–Trinajstić information content (AvgIpc) is 3.00. The van der Waals surface area contributed by atoms with Crippen LogP contribution in [0, 0.1) is 5.82 Å². The number of nitrogens with two attached hydrogens (primary N) is 1. The van der Waals surface area contributed by atoms with Crippen molar-refractivity contribution in [3.63, 3.8) is 0 Å². The third kappa shape index (κ3) is 3.00. The minimum atomic E-state index is -0.364. The molecule has 7 heteroatoms. The van der Waals surface area contributed by atoms with Crippen LogP contribution in [0.5, 0.6) is 0 Å². The van der Waals surface area contributed by atoms with Crippen molar-refractivity contribution in [1.29, 1.82) is 0 Å². The van der Waals surface area contributed by atoms with Gasteiger partial charge in [0, 0.05) is 29.0 Å². The Morgan fingerprint density at radius 1 is 1.04 bits per heavy atom. The van der Waals surface area contributed by atoms with Crippen LogP contribution in [0.4, 0.5) is 15.8 Å². The topological polar surface area (TPSA) is 80.9 Å². The number of benzene rings is 1. The highest BCUT2D eigenvalue weighted by Crippen LogP contribution is 2.34. The Morgan fingerprint density at radius 3 is 2.50 bits per heavy atom. The van der Waals surface area contributed by atoms with Crippen LogP contribution in [0.3, 0.4) is 0 Å². The molecule has 0 saturated carbocycles. The van der Waals surface area contributed by atoms with Gasteiger partial charge in [0.15, 0.2) is 0 Å². The van der Waals surface area contributed by atoms with Crippen LogP contribution in [0.1, 0.15) is 9.67 Å². The second-order valence-electron chi connectivity index (χ2n) is 5.59. The zero-order valence-electron chi connectivity index (χ0n) is 13.4. The van der Waals surface area contributed by atoms with Gasteiger partial charge in [0.05, 0.1) is 11.4 Å². The maximum Gasteiger partial charge on any atom is 0.267 e.